The summed E-state index contributed by atoms with van der Waals surface area (Å²) >= 11 is 0. The van der Waals surface area contributed by atoms with Crippen molar-refractivity contribution >= 4 is 17.5 Å². The molecule has 2 rings (SSSR count). The Morgan fingerprint density at radius 2 is 1.92 bits per heavy atom. The van der Waals surface area contributed by atoms with E-state index < -0.39 is 11.8 Å². The lowest BCUT2D eigenvalue weighted by atomic mass is 10.2. The van der Waals surface area contributed by atoms with Crippen LogP contribution in [0.15, 0.2) is 18.2 Å². The molecule has 0 unspecified atom stereocenters. The summed E-state index contributed by atoms with van der Waals surface area (Å²) in [6.45, 7) is 8.28. The Hall–Kier alpha value is -1.99. The Morgan fingerprint density at radius 1 is 1.25 bits per heavy atom. The Bertz CT molecular complexity index is 599. The summed E-state index contributed by atoms with van der Waals surface area (Å²) in [6, 6.07) is 4.16. The van der Waals surface area contributed by atoms with Crippen molar-refractivity contribution in [1.82, 2.24) is 10.2 Å². The van der Waals surface area contributed by atoms with Gasteiger partial charge in [0.1, 0.15) is 5.82 Å². The van der Waals surface area contributed by atoms with E-state index in [2.05, 4.69) is 15.5 Å². The Morgan fingerprint density at radius 3 is 2.54 bits per heavy atom. The minimum atomic E-state index is -0.760. The molecule has 0 radical (unpaired) electrons. The first kappa shape index (κ1) is 18.4. The molecule has 0 aromatic heterocycles. The van der Waals surface area contributed by atoms with Gasteiger partial charge in [0, 0.05) is 31.9 Å². The van der Waals surface area contributed by atoms with Crippen LogP contribution >= 0.6 is 0 Å². The van der Waals surface area contributed by atoms with E-state index in [0.29, 0.717) is 24.3 Å². The number of carbonyl (C=O) groups is 2. The summed E-state index contributed by atoms with van der Waals surface area (Å²) in [5.74, 6) is -1.82. The molecule has 0 saturated carbocycles. The molecule has 1 aromatic carbocycles. The van der Waals surface area contributed by atoms with E-state index in [9.17, 15) is 14.0 Å². The lowest BCUT2D eigenvalue weighted by molar-refractivity contribution is -0.136. The maximum Gasteiger partial charge on any atom is 0.313 e. The number of rotatable bonds is 4. The number of carbonyl (C=O) groups excluding carboxylic acids is 2. The van der Waals surface area contributed by atoms with E-state index in [4.69, 9.17) is 4.74 Å². The summed E-state index contributed by atoms with van der Waals surface area (Å²) in [7, 11) is 0. The average Bonchev–Trinajstić information content (AvgIpc) is 2.50. The largest absolute Gasteiger partial charge is 0.373 e. The molecule has 1 heterocycles. The van der Waals surface area contributed by atoms with E-state index in [1.54, 1.807) is 6.92 Å². The van der Waals surface area contributed by atoms with Gasteiger partial charge in [-0.2, -0.15) is 0 Å². The standard InChI is InChI=1S/C17H24FN3O3/c1-11-8-14(4-5-15(11)18)20-17(23)16(22)19-6-7-21-9-12(2)24-13(3)10-21/h4-5,8,12-13H,6-7,9-10H2,1-3H3,(H,19,22)(H,20,23)/t12-,13+. The predicted octanol–water partition coefficient (Wildman–Crippen LogP) is 1.30. The number of amides is 2. The zero-order valence-electron chi connectivity index (χ0n) is 14.3. The number of ether oxygens (including phenoxy) is 1. The topological polar surface area (TPSA) is 70.7 Å². The van der Waals surface area contributed by atoms with Crippen LogP contribution < -0.4 is 10.6 Å². The number of morpholine rings is 1. The van der Waals surface area contributed by atoms with Gasteiger partial charge >= 0.3 is 11.8 Å². The summed E-state index contributed by atoms with van der Waals surface area (Å²) in [6.07, 6.45) is 0.323. The first-order chi connectivity index (χ1) is 11.3. The lowest BCUT2D eigenvalue weighted by Crippen LogP contribution is -2.48. The van der Waals surface area contributed by atoms with E-state index in [1.165, 1.54) is 18.2 Å². The SMILES string of the molecule is Cc1cc(NC(=O)C(=O)NCCN2C[C@@H](C)O[C@@H](C)C2)ccc1F. The van der Waals surface area contributed by atoms with Gasteiger partial charge in [-0.25, -0.2) is 4.39 Å². The van der Waals surface area contributed by atoms with Crippen molar-refractivity contribution in [1.29, 1.82) is 0 Å². The van der Waals surface area contributed by atoms with Crippen molar-refractivity contribution in [3.8, 4) is 0 Å². The highest BCUT2D eigenvalue weighted by atomic mass is 19.1. The molecule has 1 aromatic rings. The van der Waals surface area contributed by atoms with Gasteiger partial charge in [0.2, 0.25) is 0 Å². The maximum absolute atomic E-state index is 13.2. The van der Waals surface area contributed by atoms with Gasteiger partial charge in [-0.15, -0.1) is 0 Å². The molecule has 7 heteroatoms. The van der Waals surface area contributed by atoms with Gasteiger partial charge in [0.25, 0.3) is 0 Å². The molecule has 1 aliphatic rings. The molecule has 1 fully saturated rings. The zero-order chi connectivity index (χ0) is 17.7. The van der Waals surface area contributed by atoms with Crippen LogP contribution in [-0.4, -0.2) is 55.1 Å². The van der Waals surface area contributed by atoms with Crippen LogP contribution in [0.25, 0.3) is 0 Å². The molecule has 1 saturated heterocycles. The molecule has 132 valence electrons. The summed E-state index contributed by atoms with van der Waals surface area (Å²) in [4.78, 5) is 25.9. The minimum absolute atomic E-state index is 0.162. The lowest BCUT2D eigenvalue weighted by Gasteiger charge is -2.35. The summed E-state index contributed by atoms with van der Waals surface area (Å²) < 4.78 is 18.8. The molecule has 1 aliphatic heterocycles. The molecule has 0 aliphatic carbocycles. The van der Waals surface area contributed by atoms with Gasteiger partial charge in [-0.3, -0.25) is 14.5 Å². The fourth-order valence-electron chi connectivity index (χ4n) is 2.79. The molecule has 0 spiro atoms. The third-order valence-corrected chi connectivity index (χ3v) is 3.83. The summed E-state index contributed by atoms with van der Waals surface area (Å²) in [5, 5.41) is 5.06. The minimum Gasteiger partial charge on any atom is -0.373 e. The number of nitrogens with zero attached hydrogens (tertiary/aromatic N) is 1. The maximum atomic E-state index is 13.2. The van der Waals surface area contributed by atoms with Crippen molar-refractivity contribution in [2.75, 3.05) is 31.5 Å². The first-order valence-electron chi connectivity index (χ1n) is 8.08. The number of anilines is 1. The number of nitrogens with one attached hydrogen (secondary N) is 2. The normalized spacial score (nSPS) is 21.3. The van der Waals surface area contributed by atoms with Crippen LogP contribution in [0.3, 0.4) is 0 Å². The van der Waals surface area contributed by atoms with Crippen LogP contribution in [0, 0.1) is 12.7 Å². The highest BCUT2D eigenvalue weighted by Crippen LogP contribution is 2.13. The third kappa shape index (κ3) is 5.28. The fourth-order valence-corrected chi connectivity index (χ4v) is 2.79. The van der Waals surface area contributed by atoms with Crippen molar-refractivity contribution in [2.24, 2.45) is 0 Å². The second-order valence-electron chi connectivity index (χ2n) is 6.19. The highest BCUT2D eigenvalue weighted by molar-refractivity contribution is 6.39. The number of hydrogen-bond acceptors (Lipinski definition) is 4. The molecule has 2 N–H and O–H groups in total. The second-order valence-corrected chi connectivity index (χ2v) is 6.19. The number of aryl methyl sites for hydroxylation is 1. The van der Waals surface area contributed by atoms with Crippen LogP contribution in [-0.2, 0) is 14.3 Å². The zero-order valence-corrected chi connectivity index (χ0v) is 14.3. The fraction of sp³-hybridized carbons (Fsp3) is 0.529. The predicted molar refractivity (Wildman–Crippen MR) is 89.2 cm³/mol. The Kier molecular flexibility index (Phi) is 6.28. The molecule has 2 amide bonds. The van der Waals surface area contributed by atoms with Crippen LogP contribution in [0.5, 0.6) is 0 Å². The van der Waals surface area contributed by atoms with E-state index in [0.717, 1.165) is 13.1 Å². The van der Waals surface area contributed by atoms with Gasteiger partial charge in [0.05, 0.1) is 12.2 Å². The van der Waals surface area contributed by atoms with Crippen molar-refractivity contribution in [2.45, 2.75) is 33.0 Å². The Labute approximate surface area is 141 Å². The van der Waals surface area contributed by atoms with Gasteiger partial charge < -0.3 is 15.4 Å². The molecular formula is C17H24FN3O3. The molecule has 24 heavy (non-hydrogen) atoms. The molecular weight excluding hydrogens is 313 g/mol. The Balaban J connectivity index is 1.75. The monoisotopic (exact) mass is 337 g/mol. The molecule has 6 nitrogen and oxygen atoms in total. The van der Waals surface area contributed by atoms with Crippen molar-refractivity contribution in [3.05, 3.63) is 29.6 Å². The van der Waals surface area contributed by atoms with Crippen molar-refractivity contribution in [3.63, 3.8) is 0 Å². The second kappa shape index (κ2) is 8.21. The third-order valence-electron chi connectivity index (χ3n) is 3.83. The van der Waals surface area contributed by atoms with Crippen LogP contribution in [0.2, 0.25) is 0 Å². The smallest absolute Gasteiger partial charge is 0.313 e. The van der Waals surface area contributed by atoms with Crippen molar-refractivity contribution < 1.29 is 18.7 Å². The number of halogens is 1. The van der Waals surface area contributed by atoms with Gasteiger partial charge in [-0.1, -0.05) is 0 Å². The summed E-state index contributed by atoms with van der Waals surface area (Å²) in [5.41, 5.74) is 0.800. The van der Waals surface area contributed by atoms with Crippen LogP contribution in [0.4, 0.5) is 10.1 Å². The molecule has 0 bridgehead atoms. The molecule has 2 atom stereocenters. The van der Waals surface area contributed by atoms with E-state index in [-0.39, 0.29) is 18.0 Å². The quantitative estimate of drug-likeness (QED) is 0.813. The van der Waals surface area contributed by atoms with Gasteiger partial charge in [0.15, 0.2) is 0 Å². The number of hydrogen-bond donors (Lipinski definition) is 2. The van der Waals surface area contributed by atoms with E-state index >= 15 is 0 Å². The average molecular weight is 337 g/mol. The first-order valence-corrected chi connectivity index (χ1v) is 8.08. The van der Waals surface area contributed by atoms with Gasteiger partial charge in [-0.05, 0) is 44.5 Å². The van der Waals surface area contributed by atoms with E-state index in [1.807, 2.05) is 13.8 Å². The van der Waals surface area contributed by atoms with Crippen LogP contribution in [0.1, 0.15) is 19.4 Å². The number of benzene rings is 1. The highest BCUT2D eigenvalue weighted by Gasteiger charge is 2.22.